The number of allylic oxidation sites excluding steroid dienone is 7. The van der Waals surface area contributed by atoms with Crippen LogP contribution < -0.4 is 21.7 Å². The van der Waals surface area contributed by atoms with Crippen molar-refractivity contribution < 1.29 is 27.2 Å². The summed E-state index contributed by atoms with van der Waals surface area (Å²) in [5.74, 6) is 0.0845. The van der Waals surface area contributed by atoms with Crippen molar-refractivity contribution in [3.05, 3.63) is 83.7 Å². The molecule has 2 aromatic heterocycles. The zero-order valence-electron chi connectivity index (χ0n) is 27.1. The van der Waals surface area contributed by atoms with Crippen LogP contribution in [0, 0.1) is 0 Å². The first-order chi connectivity index (χ1) is 22.0. The van der Waals surface area contributed by atoms with Crippen LogP contribution in [0.15, 0.2) is 72.5 Å². The van der Waals surface area contributed by atoms with Crippen molar-refractivity contribution in [1.82, 2.24) is 35.4 Å². The van der Waals surface area contributed by atoms with E-state index in [4.69, 9.17) is 5.73 Å². The quantitative estimate of drug-likeness (QED) is 0.101. The van der Waals surface area contributed by atoms with Crippen molar-refractivity contribution in [2.45, 2.75) is 52.1 Å². The summed E-state index contributed by atoms with van der Waals surface area (Å²) in [4.78, 5) is 30.2. The molecule has 1 atom stereocenters. The summed E-state index contributed by atoms with van der Waals surface area (Å²) < 4.78 is 47.6. The Balaban J connectivity index is 0.000000595. The van der Waals surface area contributed by atoms with E-state index in [-0.39, 0.29) is 11.8 Å². The average Bonchev–Trinajstić information content (AvgIpc) is 3.71. The number of likely N-dealkylation sites (tertiary alicyclic amines) is 1. The molecule has 0 aliphatic carbocycles. The number of rotatable bonds is 13. The Hall–Kier alpha value is -4.46. The second-order valence-corrected chi connectivity index (χ2v) is 9.99. The number of hydrogen-bond donors (Lipinski definition) is 4. The molecule has 2 aromatic rings. The summed E-state index contributed by atoms with van der Waals surface area (Å²) in [5, 5.41) is 12.6. The maximum Gasteiger partial charge on any atom is 0.416 e. The molecule has 5 N–H and O–H groups in total. The highest BCUT2D eigenvalue weighted by Gasteiger charge is 2.31. The van der Waals surface area contributed by atoms with Crippen molar-refractivity contribution in [2.75, 3.05) is 46.1 Å². The molecule has 3 heterocycles. The first kappa shape index (κ1) is 39.6. The fraction of sp³-hybridized carbons (Fsp3) is 0.438. The lowest BCUT2D eigenvalue weighted by Gasteiger charge is -2.15. The van der Waals surface area contributed by atoms with Crippen LogP contribution >= 0.6 is 0 Å². The lowest BCUT2D eigenvalue weighted by Crippen LogP contribution is -2.33. The maximum absolute atomic E-state index is 13.0. The molecule has 1 saturated heterocycles. The van der Waals surface area contributed by atoms with Crippen LogP contribution in [0.1, 0.15) is 61.9 Å². The lowest BCUT2D eigenvalue weighted by atomic mass is 9.96. The second kappa shape index (κ2) is 20.5. The zero-order valence-corrected chi connectivity index (χ0v) is 27.1. The number of likely N-dealkylation sites (N-methyl/N-ethyl adjacent to an activating group) is 1. The molecule has 0 saturated carbocycles. The Labute approximate surface area is 268 Å². The Kier molecular flexibility index (Phi) is 17.7. The van der Waals surface area contributed by atoms with Gasteiger partial charge in [-0.3, -0.25) is 14.0 Å². The lowest BCUT2D eigenvalue weighted by molar-refractivity contribution is -0.109. The summed E-state index contributed by atoms with van der Waals surface area (Å²) in [6, 6.07) is 0. The molecular formula is C32H46F4N8O2. The van der Waals surface area contributed by atoms with Gasteiger partial charge in [-0.2, -0.15) is 18.3 Å². The first-order valence-corrected chi connectivity index (χ1v) is 14.8. The number of nitrogens with zero attached hydrogens (tertiary/aromatic N) is 4. The normalized spacial score (nSPS) is 15.0. The molecule has 1 unspecified atom stereocenters. The molecule has 254 valence electrons. The van der Waals surface area contributed by atoms with Crippen molar-refractivity contribution in [2.24, 2.45) is 0 Å². The number of nitrogens with one attached hydrogen (secondary N) is 3. The number of alkyl halides is 4. The molecule has 3 rings (SSSR count). The van der Waals surface area contributed by atoms with Crippen LogP contribution in [0.2, 0.25) is 0 Å². The number of carbonyl (C=O) groups excluding carboxylic acids is 2. The molecule has 0 bridgehead atoms. The molecule has 14 heteroatoms. The van der Waals surface area contributed by atoms with Crippen LogP contribution in [-0.2, 0) is 4.79 Å². The van der Waals surface area contributed by atoms with E-state index >= 15 is 0 Å². The Morgan fingerprint density at radius 1 is 1.20 bits per heavy atom. The monoisotopic (exact) mass is 650 g/mol. The molecule has 0 spiro atoms. The van der Waals surface area contributed by atoms with E-state index in [1.165, 1.54) is 19.2 Å². The maximum atomic E-state index is 13.0. The number of nitrogen functional groups attached to an aromatic ring is 1. The number of carbonyl (C=O) groups is 2. The van der Waals surface area contributed by atoms with E-state index in [1.807, 2.05) is 32.1 Å². The van der Waals surface area contributed by atoms with Gasteiger partial charge in [0.2, 0.25) is 6.41 Å². The fourth-order valence-corrected chi connectivity index (χ4v) is 4.68. The smallest absolute Gasteiger partial charge is 0.388 e. The Morgan fingerprint density at radius 3 is 2.41 bits per heavy atom. The summed E-state index contributed by atoms with van der Waals surface area (Å²) in [6.45, 7) is 12.3. The number of amides is 2. The van der Waals surface area contributed by atoms with Gasteiger partial charge >= 0.3 is 6.18 Å². The Morgan fingerprint density at radius 2 is 1.87 bits per heavy atom. The van der Waals surface area contributed by atoms with Gasteiger partial charge in [-0.1, -0.05) is 43.9 Å². The van der Waals surface area contributed by atoms with E-state index in [0.29, 0.717) is 49.1 Å². The topological polar surface area (TPSA) is 130 Å². The van der Waals surface area contributed by atoms with E-state index in [9.17, 15) is 27.2 Å². The molecule has 2 amide bonds. The van der Waals surface area contributed by atoms with E-state index in [1.54, 1.807) is 30.8 Å². The molecule has 0 aromatic carbocycles. The van der Waals surface area contributed by atoms with Gasteiger partial charge in [0.1, 0.15) is 11.8 Å². The second-order valence-electron chi connectivity index (χ2n) is 9.99. The molecule has 0 radical (unpaired) electrons. The molecule has 46 heavy (non-hydrogen) atoms. The van der Waals surface area contributed by atoms with Crippen LogP contribution in [0.3, 0.4) is 0 Å². The number of halogens is 4. The number of aromatic nitrogens is 3. The third-order valence-corrected chi connectivity index (χ3v) is 7.07. The SMILES string of the molecule is C/C=C(\C/C=C\C(C)c1c(C(=O)NCCN2CCCC2)cn2ncnc(N)c12)NC=O.C=C/C(=C\C(=C/C)NC)C(F)(F)F.CF. The van der Waals surface area contributed by atoms with Gasteiger partial charge < -0.3 is 26.6 Å². The van der Waals surface area contributed by atoms with Gasteiger partial charge in [-0.05, 0) is 45.9 Å². The Bertz CT molecular complexity index is 1390. The van der Waals surface area contributed by atoms with Crippen LogP contribution in [0.25, 0.3) is 5.52 Å². The predicted octanol–water partition coefficient (Wildman–Crippen LogP) is 5.21. The van der Waals surface area contributed by atoms with Gasteiger partial charge in [0.05, 0.1) is 18.3 Å². The number of fused-ring (bicyclic) bond motifs is 1. The third kappa shape index (κ3) is 12.1. The highest BCUT2D eigenvalue weighted by atomic mass is 19.4. The molecule has 1 fully saturated rings. The third-order valence-electron chi connectivity index (χ3n) is 7.07. The van der Waals surface area contributed by atoms with Crippen molar-refractivity contribution >= 4 is 23.7 Å². The largest absolute Gasteiger partial charge is 0.416 e. The minimum absolute atomic E-state index is 0.105. The van der Waals surface area contributed by atoms with Crippen LogP contribution in [0.5, 0.6) is 0 Å². The van der Waals surface area contributed by atoms with Crippen molar-refractivity contribution in [3.63, 3.8) is 0 Å². The van der Waals surface area contributed by atoms with E-state index in [2.05, 4.69) is 37.5 Å². The van der Waals surface area contributed by atoms with Crippen LogP contribution in [-0.4, -0.2) is 78.4 Å². The van der Waals surface area contributed by atoms with Gasteiger partial charge in [0.15, 0.2) is 5.82 Å². The zero-order chi connectivity index (χ0) is 34.7. The van der Waals surface area contributed by atoms with Crippen molar-refractivity contribution in [3.8, 4) is 0 Å². The minimum atomic E-state index is -4.34. The van der Waals surface area contributed by atoms with Gasteiger partial charge in [0, 0.05) is 55.6 Å². The summed E-state index contributed by atoms with van der Waals surface area (Å²) in [5.41, 5.74) is 8.57. The first-order valence-electron chi connectivity index (χ1n) is 14.8. The minimum Gasteiger partial charge on any atom is -0.388 e. The summed E-state index contributed by atoms with van der Waals surface area (Å²) in [7, 11) is 2.06. The highest BCUT2D eigenvalue weighted by Crippen LogP contribution is 2.30. The summed E-state index contributed by atoms with van der Waals surface area (Å²) >= 11 is 0. The predicted molar refractivity (Wildman–Crippen MR) is 175 cm³/mol. The molecule has 1 aliphatic rings. The fourth-order valence-electron chi connectivity index (χ4n) is 4.68. The van der Waals surface area contributed by atoms with Crippen molar-refractivity contribution in [1.29, 1.82) is 0 Å². The highest BCUT2D eigenvalue weighted by molar-refractivity contribution is 5.99. The molecule has 10 nitrogen and oxygen atoms in total. The van der Waals surface area contributed by atoms with Gasteiger partial charge in [-0.25, -0.2) is 9.50 Å². The van der Waals surface area contributed by atoms with Crippen LogP contribution in [0.4, 0.5) is 23.4 Å². The molecular weight excluding hydrogens is 604 g/mol. The number of nitrogens with two attached hydrogens (primary N) is 1. The summed E-state index contributed by atoms with van der Waals surface area (Å²) in [6.07, 6.45) is 11.6. The van der Waals surface area contributed by atoms with E-state index in [0.717, 1.165) is 43.0 Å². The van der Waals surface area contributed by atoms with E-state index < -0.39 is 11.7 Å². The van der Waals surface area contributed by atoms with Gasteiger partial charge in [0.25, 0.3) is 5.91 Å². The molecule has 1 aliphatic heterocycles. The standard InChI is InChI=1S/C22H31N7O2.C9H12F3N.CH3F/c1-3-17(26-15-30)8-6-7-16(2)19-18(13-29-20(19)21(23)25-14-27-29)22(31)24-9-12-28-10-4-5-11-28;1-4-7(9(10,11)12)6-8(5-2)13-3;1-2/h3,6-7,13-16H,4-5,8-12H2,1-2H3,(H,24,31)(H,26,30)(H2,23,25,27);4-6,13H,1H2,2-3H3;1H3/b7-6-,17-3+;7-6+,8-5+;. The van der Waals surface area contributed by atoms with Gasteiger partial charge in [-0.15, -0.1) is 0 Å². The average molecular weight is 651 g/mol. The number of anilines is 1. The number of hydrogen-bond acceptors (Lipinski definition) is 7.